The molecule has 1 fully saturated rings. The van der Waals surface area contributed by atoms with Gasteiger partial charge in [-0.05, 0) is 38.3 Å². The molecule has 0 aromatic heterocycles. The number of benzene rings is 1. The molecule has 1 aromatic rings. The average Bonchev–Trinajstić information content (AvgIpc) is 3.13. The Balaban J connectivity index is 2.39. The predicted molar refractivity (Wildman–Crippen MR) is 61.7 cm³/mol. The lowest BCUT2D eigenvalue weighted by Crippen LogP contribution is -2.19. The summed E-state index contributed by atoms with van der Waals surface area (Å²) in [4.78, 5) is 0. The molecule has 0 amide bonds. The van der Waals surface area contributed by atoms with Gasteiger partial charge in [-0.25, -0.2) is 8.78 Å². The summed E-state index contributed by atoms with van der Waals surface area (Å²) in [5.41, 5.74) is -0.0334. The van der Waals surface area contributed by atoms with Crippen molar-refractivity contribution in [2.75, 3.05) is 0 Å². The van der Waals surface area contributed by atoms with Gasteiger partial charge >= 0.3 is 0 Å². The third-order valence-corrected chi connectivity index (χ3v) is 3.34. The molecule has 0 N–H and O–H groups in total. The van der Waals surface area contributed by atoms with E-state index in [0.29, 0.717) is 18.4 Å². The Hall–Kier alpha value is -1.43. The second-order valence-electron chi connectivity index (χ2n) is 5.21. The van der Waals surface area contributed by atoms with Crippen LogP contribution in [-0.4, -0.2) is 0 Å². The van der Waals surface area contributed by atoms with E-state index in [9.17, 15) is 8.78 Å². The maximum absolute atomic E-state index is 13.9. The zero-order valence-corrected chi connectivity index (χ0v) is 10.0. The topological polar surface area (TPSA) is 23.8 Å². The van der Waals surface area contributed by atoms with E-state index in [2.05, 4.69) is 6.07 Å². The summed E-state index contributed by atoms with van der Waals surface area (Å²) in [7, 11) is 0. The Morgan fingerprint density at radius 3 is 2.35 bits per heavy atom. The maximum Gasteiger partial charge on any atom is 0.276 e. The molecule has 0 aliphatic heterocycles. The number of nitrogens with zero attached hydrogens (tertiary/aromatic N) is 1. The average molecular weight is 235 g/mol. The molecule has 0 saturated heterocycles. The van der Waals surface area contributed by atoms with Crippen LogP contribution in [0.15, 0.2) is 24.3 Å². The summed E-state index contributed by atoms with van der Waals surface area (Å²) in [6, 6.07) is 8.41. The van der Waals surface area contributed by atoms with Crippen LogP contribution in [0, 0.1) is 17.2 Å². The van der Waals surface area contributed by atoms with E-state index < -0.39 is 17.3 Å². The van der Waals surface area contributed by atoms with Crippen molar-refractivity contribution in [1.82, 2.24) is 0 Å². The molecule has 0 bridgehead atoms. The summed E-state index contributed by atoms with van der Waals surface area (Å²) in [5, 5.41) is 9.03. The fourth-order valence-electron chi connectivity index (χ4n) is 1.86. The standard InChI is InChI=1S/C14H15F2N/c1-13(2,9-17)11-4-3-5-12(8-11)14(15,16)10-6-7-10/h3-5,8,10H,6-7H2,1-2H3. The summed E-state index contributed by atoms with van der Waals surface area (Å²) < 4.78 is 27.9. The van der Waals surface area contributed by atoms with Gasteiger partial charge in [0, 0.05) is 11.5 Å². The van der Waals surface area contributed by atoms with Crippen LogP contribution in [0.5, 0.6) is 0 Å². The van der Waals surface area contributed by atoms with Crippen molar-refractivity contribution < 1.29 is 8.78 Å². The first kappa shape index (κ1) is 12.0. The minimum Gasteiger partial charge on any atom is -0.201 e. The molecule has 1 aliphatic rings. The third kappa shape index (κ3) is 2.17. The van der Waals surface area contributed by atoms with Crippen molar-refractivity contribution in [3.05, 3.63) is 35.4 Å². The molecule has 1 saturated carbocycles. The van der Waals surface area contributed by atoms with Crippen LogP contribution in [0.2, 0.25) is 0 Å². The summed E-state index contributed by atoms with van der Waals surface area (Å²) >= 11 is 0. The summed E-state index contributed by atoms with van der Waals surface area (Å²) in [6.07, 6.45) is 1.19. The van der Waals surface area contributed by atoms with Crippen molar-refractivity contribution >= 4 is 0 Å². The Morgan fingerprint density at radius 1 is 1.24 bits per heavy atom. The maximum atomic E-state index is 13.9. The Bertz CT molecular complexity index is 467. The van der Waals surface area contributed by atoms with E-state index in [4.69, 9.17) is 5.26 Å². The zero-order chi connectivity index (χ0) is 12.7. The monoisotopic (exact) mass is 235 g/mol. The SMILES string of the molecule is CC(C)(C#N)c1cccc(C(F)(F)C2CC2)c1. The molecule has 0 atom stereocenters. The molecule has 1 nitrogen and oxygen atoms in total. The number of rotatable bonds is 3. The van der Waals surface area contributed by atoms with Crippen LogP contribution in [0.1, 0.15) is 37.8 Å². The van der Waals surface area contributed by atoms with Crippen LogP contribution < -0.4 is 0 Å². The van der Waals surface area contributed by atoms with Gasteiger partial charge in [-0.1, -0.05) is 18.2 Å². The molecule has 0 radical (unpaired) electrons. The number of alkyl halides is 2. The highest BCUT2D eigenvalue weighted by Gasteiger charge is 2.48. The van der Waals surface area contributed by atoms with Gasteiger partial charge in [0.05, 0.1) is 11.5 Å². The number of hydrogen-bond acceptors (Lipinski definition) is 1. The van der Waals surface area contributed by atoms with Crippen molar-refractivity contribution in [2.24, 2.45) is 5.92 Å². The molecule has 17 heavy (non-hydrogen) atoms. The molecular formula is C14H15F2N. The van der Waals surface area contributed by atoms with Gasteiger partial charge < -0.3 is 0 Å². The number of halogens is 2. The van der Waals surface area contributed by atoms with Crippen LogP contribution in [0.3, 0.4) is 0 Å². The van der Waals surface area contributed by atoms with Gasteiger partial charge in [0.2, 0.25) is 0 Å². The molecule has 3 heteroatoms. The fraction of sp³-hybridized carbons (Fsp3) is 0.500. The Morgan fingerprint density at radius 2 is 1.82 bits per heavy atom. The van der Waals surface area contributed by atoms with Gasteiger partial charge in [0.25, 0.3) is 5.92 Å². The van der Waals surface area contributed by atoms with Gasteiger partial charge in [-0.3, -0.25) is 0 Å². The highest BCUT2D eigenvalue weighted by molar-refractivity contribution is 5.36. The lowest BCUT2D eigenvalue weighted by molar-refractivity contribution is -0.0286. The van der Waals surface area contributed by atoms with E-state index in [0.717, 1.165) is 0 Å². The zero-order valence-electron chi connectivity index (χ0n) is 10.0. The molecular weight excluding hydrogens is 220 g/mol. The number of nitriles is 1. The van der Waals surface area contributed by atoms with Crippen molar-refractivity contribution in [3.63, 3.8) is 0 Å². The fourth-order valence-corrected chi connectivity index (χ4v) is 1.86. The second-order valence-corrected chi connectivity index (χ2v) is 5.21. The van der Waals surface area contributed by atoms with Crippen molar-refractivity contribution in [2.45, 2.75) is 38.0 Å². The third-order valence-electron chi connectivity index (χ3n) is 3.34. The molecule has 1 aromatic carbocycles. The summed E-state index contributed by atoms with van der Waals surface area (Å²) in [5.74, 6) is -3.26. The highest BCUT2D eigenvalue weighted by Crippen LogP contribution is 2.49. The van der Waals surface area contributed by atoms with Gasteiger partial charge in [0.15, 0.2) is 0 Å². The molecule has 90 valence electrons. The molecule has 0 heterocycles. The van der Waals surface area contributed by atoms with E-state index in [1.165, 1.54) is 12.1 Å². The molecule has 0 unspecified atom stereocenters. The first-order chi connectivity index (χ1) is 7.88. The number of hydrogen-bond donors (Lipinski definition) is 0. The smallest absolute Gasteiger partial charge is 0.201 e. The van der Waals surface area contributed by atoms with E-state index >= 15 is 0 Å². The van der Waals surface area contributed by atoms with Crippen LogP contribution in [0.25, 0.3) is 0 Å². The van der Waals surface area contributed by atoms with Crippen LogP contribution in [-0.2, 0) is 11.3 Å². The molecule has 1 aliphatic carbocycles. The lowest BCUT2D eigenvalue weighted by atomic mass is 9.84. The van der Waals surface area contributed by atoms with E-state index in [-0.39, 0.29) is 5.56 Å². The van der Waals surface area contributed by atoms with Crippen molar-refractivity contribution in [1.29, 1.82) is 5.26 Å². The highest BCUT2D eigenvalue weighted by atomic mass is 19.3. The van der Waals surface area contributed by atoms with Crippen LogP contribution >= 0.6 is 0 Å². The largest absolute Gasteiger partial charge is 0.276 e. The molecule has 0 spiro atoms. The second kappa shape index (κ2) is 3.80. The normalized spacial score (nSPS) is 16.6. The van der Waals surface area contributed by atoms with Gasteiger partial charge in [-0.15, -0.1) is 0 Å². The first-order valence-corrected chi connectivity index (χ1v) is 5.78. The van der Waals surface area contributed by atoms with Crippen LogP contribution in [0.4, 0.5) is 8.78 Å². The lowest BCUT2D eigenvalue weighted by Gasteiger charge is -2.20. The first-order valence-electron chi connectivity index (χ1n) is 5.78. The van der Waals surface area contributed by atoms with E-state index in [1.54, 1.807) is 26.0 Å². The summed E-state index contributed by atoms with van der Waals surface area (Å²) in [6.45, 7) is 3.47. The Kier molecular flexibility index (Phi) is 2.69. The minimum absolute atomic E-state index is 0.0424. The quantitative estimate of drug-likeness (QED) is 0.777. The van der Waals surface area contributed by atoms with Crippen molar-refractivity contribution in [3.8, 4) is 6.07 Å². The van der Waals surface area contributed by atoms with Gasteiger partial charge in [0.1, 0.15) is 0 Å². The molecule has 2 rings (SSSR count). The Labute approximate surface area is 100 Å². The minimum atomic E-state index is -2.75. The predicted octanol–water partition coefficient (Wildman–Crippen LogP) is 3.99. The van der Waals surface area contributed by atoms with E-state index in [1.807, 2.05) is 0 Å². The van der Waals surface area contributed by atoms with Gasteiger partial charge in [-0.2, -0.15) is 5.26 Å².